The molecule has 1 rings (SSSR count). The first-order valence-corrected chi connectivity index (χ1v) is 6.63. The van der Waals surface area contributed by atoms with E-state index in [-0.39, 0.29) is 5.78 Å². The Bertz CT molecular complexity index is 324. The predicted octanol–water partition coefficient (Wildman–Crippen LogP) is 5.37. The quantitative estimate of drug-likeness (QED) is 0.631. The topological polar surface area (TPSA) is 17.1 Å². The molecule has 0 aliphatic carbocycles. The molecular weight excluding hydrogens is 208 g/mol. The van der Waals surface area contributed by atoms with E-state index in [2.05, 4.69) is 19.9 Å². The van der Waals surface area contributed by atoms with Gasteiger partial charge in [0.1, 0.15) is 0 Å². The van der Waals surface area contributed by atoms with Crippen molar-refractivity contribution >= 4 is 5.78 Å². The minimum atomic E-state index is 0.144. The van der Waals surface area contributed by atoms with Crippen LogP contribution in [0, 0.1) is 6.92 Å². The second-order valence-corrected chi connectivity index (χ2v) is 3.84. The Hall–Kier alpha value is -1.11. The van der Waals surface area contributed by atoms with E-state index in [4.69, 9.17) is 0 Å². The van der Waals surface area contributed by atoms with Crippen molar-refractivity contribution in [2.75, 3.05) is 0 Å². The summed E-state index contributed by atoms with van der Waals surface area (Å²) in [6.45, 7) is 15.9. The maximum Gasteiger partial charge on any atom is 0.159 e. The standard InChI is InChI=1S/C12H16O.2C2H6/c1-8(2)11-5-9(3)6-12(7-11)10(4)13;2*1-2/h5-8H,1-4H3;2*1-2H3. The molecule has 1 aromatic carbocycles. The molecule has 0 heterocycles. The molecule has 0 saturated carbocycles. The highest BCUT2D eigenvalue weighted by Crippen LogP contribution is 2.18. The first-order chi connectivity index (χ1) is 8.00. The third-order valence-electron chi connectivity index (χ3n) is 2.17. The lowest BCUT2D eigenvalue weighted by atomic mass is 9.97. The molecule has 0 fully saturated rings. The van der Waals surface area contributed by atoms with Gasteiger partial charge >= 0.3 is 0 Å². The van der Waals surface area contributed by atoms with Gasteiger partial charge in [-0.05, 0) is 37.5 Å². The third-order valence-corrected chi connectivity index (χ3v) is 2.17. The molecule has 0 aliphatic rings. The van der Waals surface area contributed by atoms with Crippen molar-refractivity contribution in [3.63, 3.8) is 0 Å². The van der Waals surface area contributed by atoms with E-state index in [1.165, 1.54) is 5.56 Å². The fraction of sp³-hybridized carbons (Fsp3) is 0.562. The van der Waals surface area contributed by atoms with Gasteiger partial charge in [-0.25, -0.2) is 0 Å². The Balaban J connectivity index is 0. The van der Waals surface area contributed by atoms with Gasteiger partial charge in [0.05, 0.1) is 0 Å². The lowest BCUT2D eigenvalue weighted by Gasteiger charge is -2.08. The molecule has 0 amide bonds. The number of benzene rings is 1. The predicted molar refractivity (Wildman–Crippen MR) is 78.0 cm³/mol. The summed E-state index contributed by atoms with van der Waals surface area (Å²) in [6, 6.07) is 6.06. The number of hydrogen-bond acceptors (Lipinski definition) is 1. The Morgan fingerprint density at radius 1 is 1.00 bits per heavy atom. The van der Waals surface area contributed by atoms with Gasteiger partial charge < -0.3 is 0 Å². The van der Waals surface area contributed by atoms with Crippen molar-refractivity contribution in [3.05, 3.63) is 34.9 Å². The Kier molecular flexibility index (Phi) is 10.8. The van der Waals surface area contributed by atoms with Crippen LogP contribution in [0.1, 0.15) is 75.9 Å². The van der Waals surface area contributed by atoms with Crippen LogP contribution >= 0.6 is 0 Å². The van der Waals surface area contributed by atoms with E-state index in [0.717, 1.165) is 11.1 Å². The van der Waals surface area contributed by atoms with Crippen molar-refractivity contribution < 1.29 is 4.79 Å². The van der Waals surface area contributed by atoms with Gasteiger partial charge in [0.25, 0.3) is 0 Å². The summed E-state index contributed by atoms with van der Waals surface area (Å²) in [5.41, 5.74) is 3.23. The molecule has 0 saturated heterocycles. The Labute approximate surface area is 107 Å². The van der Waals surface area contributed by atoms with Crippen LogP contribution in [0.3, 0.4) is 0 Å². The van der Waals surface area contributed by atoms with Crippen LogP contribution in [-0.4, -0.2) is 5.78 Å². The molecule has 0 unspecified atom stereocenters. The monoisotopic (exact) mass is 236 g/mol. The number of hydrogen-bond donors (Lipinski definition) is 0. The van der Waals surface area contributed by atoms with E-state index < -0.39 is 0 Å². The zero-order valence-corrected chi connectivity index (χ0v) is 12.7. The van der Waals surface area contributed by atoms with Crippen LogP contribution in [0.5, 0.6) is 0 Å². The number of carbonyl (C=O) groups excluding carboxylic acids is 1. The molecule has 0 bridgehead atoms. The first kappa shape index (κ1) is 18.3. The van der Waals surface area contributed by atoms with Crippen molar-refractivity contribution in [2.45, 2.75) is 61.3 Å². The van der Waals surface area contributed by atoms with Crippen LogP contribution in [0.2, 0.25) is 0 Å². The van der Waals surface area contributed by atoms with E-state index in [9.17, 15) is 4.79 Å². The van der Waals surface area contributed by atoms with Crippen molar-refractivity contribution in [2.24, 2.45) is 0 Å². The van der Waals surface area contributed by atoms with Gasteiger partial charge in [-0.15, -0.1) is 0 Å². The molecule has 0 radical (unpaired) electrons. The summed E-state index contributed by atoms with van der Waals surface area (Å²) in [6.07, 6.45) is 0. The Morgan fingerprint density at radius 2 is 1.47 bits per heavy atom. The van der Waals surface area contributed by atoms with Crippen LogP contribution < -0.4 is 0 Å². The zero-order valence-electron chi connectivity index (χ0n) is 12.7. The molecule has 0 N–H and O–H groups in total. The number of ketones is 1. The van der Waals surface area contributed by atoms with E-state index >= 15 is 0 Å². The minimum Gasteiger partial charge on any atom is -0.295 e. The van der Waals surface area contributed by atoms with Crippen molar-refractivity contribution in [3.8, 4) is 0 Å². The van der Waals surface area contributed by atoms with Crippen molar-refractivity contribution in [1.82, 2.24) is 0 Å². The molecular formula is C16H28O. The minimum absolute atomic E-state index is 0.144. The van der Waals surface area contributed by atoms with E-state index in [1.807, 2.05) is 46.8 Å². The molecule has 1 heteroatoms. The largest absolute Gasteiger partial charge is 0.295 e. The third kappa shape index (κ3) is 6.93. The maximum atomic E-state index is 11.2. The summed E-state index contributed by atoms with van der Waals surface area (Å²) in [5, 5.41) is 0. The zero-order chi connectivity index (χ0) is 14.0. The highest BCUT2D eigenvalue weighted by molar-refractivity contribution is 5.94. The average molecular weight is 236 g/mol. The van der Waals surface area contributed by atoms with Gasteiger partial charge in [-0.3, -0.25) is 4.79 Å². The smallest absolute Gasteiger partial charge is 0.159 e. The lowest BCUT2D eigenvalue weighted by Crippen LogP contribution is -1.96. The van der Waals surface area contributed by atoms with Gasteiger partial charge in [0, 0.05) is 5.56 Å². The summed E-state index contributed by atoms with van der Waals surface area (Å²) in [4.78, 5) is 11.2. The second kappa shape index (κ2) is 10.1. The van der Waals surface area contributed by atoms with Gasteiger partial charge in [0.15, 0.2) is 5.78 Å². The van der Waals surface area contributed by atoms with Gasteiger partial charge in [0.2, 0.25) is 0 Å². The van der Waals surface area contributed by atoms with Crippen LogP contribution in [0.15, 0.2) is 18.2 Å². The van der Waals surface area contributed by atoms with Gasteiger partial charge in [-0.2, -0.15) is 0 Å². The SMILES string of the molecule is CC.CC.CC(=O)c1cc(C)cc(C(C)C)c1. The molecule has 1 aromatic rings. The number of carbonyl (C=O) groups is 1. The summed E-state index contributed by atoms with van der Waals surface area (Å²) < 4.78 is 0. The lowest BCUT2D eigenvalue weighted by molar-refractivity contribution is 0.101. The maximum absolute atomic E-state index is 11.2. The number of aryl methyl sites for hydroxylation is 1. The van der Waals surface area contributed by atoms with Crippen LogP contribution in [-0.2, 0) is 0 Å². The fourth-order valence-corrected chi connectivity index (χ4v) is 1.35. The molecule has 0 aliphatic heterocycles. The summed E-state index contributed by atoms with van der Waals surface area (Å²) >= 11 is 0. The van der Waals surface area contributed by atoms with E-state index in [0.29, 0.717) is 5.92 Å². The van der Waals surface area contributed by atoms with Crippen molar-refractivity contribution in [1.29, 1.82) is 0 Å². The van der Waals surface area contributed by atoms with Crippen LogP contribution in [0.4, 0.5) is 0 Å². The average Bonchev–Trinajstić information content (AvgIpc) is 2.33. The fourth-order valence-electron chi connectivity index (χ4n) is 1.35. The van der Waals surface area contributed by atoms with E-state index in [1.54, 1.807) is 6.92 Å². The highest BCUT2D eigenvalue weighted by atomic mass is 16.1. The highest BCUT2D eigenvalue weighted by Gasteiger charge is 2.04. The van der Waals surface area contributed by atoms with Crippen LogP contribution in [0.25, 0.3) is 0 Å². The molecule has 0 atom stereocenters. The molecule has 0 spiro atoms. The molecule has 17 heavy (non-hydrogen) atoms. The first-order valence-electron chi connectivity index (χ1n) is 6.63. The summed E-state index contributed by atoms with van der Waals surface area (Å²) in [7, 11) is 0. The van der Waals surface area contributed by atoms with Gasteiger partial charge in [-0.1, -0.05) is 53.2 Å². The number of rotatable bonds is 2. The molecule has 98 valence electrons. The number of Topliss-reactive ketones (excluding diaryl/α,β-unsaturated/α-hetero) is 1. The summed E-state index contributed by atoms with van der Waals surface area (Å²) in [5.74, 6) is 0.628. The Morgan fingerprint density at radius 3 is 1.82 bits per heavy atom. The normalized spacial score (nSPS) is 8.76. The second-order valence-electron chi connectivity index (χ2n) is 3.84. The molecule has 1 nitrogen and oxygen atoms in total. The molecule has 0 aromatic heterocycles.